The molecule has 21 heavy (non-hydrogen) atoms. The Kier molecular flexibility index (Phi) is 4.05. The summed E-state index contributed by atoms with van der Waals surface area (Å²) in [4.78, 5) is 0. The third-order valence-corrected chi connectivity index (χ3v) is 2.99. The number of nitrogens with one attached hydrogen (secondary N) is 1. The molecular formula is C14H7ClF4N2. The number of anilines is 2. The SMILES string of the molecule is N#Cc1cc(C(F)(F)F)ccc1Nc1cc(F)ccc1Cl. The zero-order valence-electron chi connectivity index (χ0n) is 10.3. The summed E-state index contributed by atoms with van der Waals surface area (Å²) in [7, 11) is 0. The van der Waals surface area contributed by atoms with E-state index in [0.29, 0.717) is 0 Å². The lowest BCUT2D eigenvalue weighted by molar-refractivity contribution is -0.137. The van der Waals surface area contributed by atoms with Crippen molar-refractivity contribution >= 4 is 23.0 Å². The molecule has 2 nitrogen and oxygen atoms in total. The largest absolute Gasteiger partial charge is 0.416 e. The molecule has 0 spiro atoms. The van der Waals surface area contributed by atoms with E-state index in [-0.39, 0.29) is 22.0 Å². The predicted octanol–water partition coefficient (Wildman–Crippen LogP) is 5.11. The van der Waals surface area contributed by atoms with E-state index >= 15 is 0 Å². The van der Waals surface area contributed by atoms with Crippen LogP contribution in [0.3, 0.4) is 0 Å². The van der Waals surface area contributed by atoms with Crippen molar-refractivity contribution in [3.05, 3.63) is 58.4 Å². The van der Waals surface area contributed by atoms with Gasteiger partial charge in [-0.3, -0.25) is 0 Å². The number of hydrogen-bond acceptors (Lipinski definition) is 2. The number of hydrogen-bond donors (Lipinski definition) is 1. The van der Waals surface area contributed by atoms with Crippen LogP contribution in [0.1, 0.15) is 11.1 Å². The fraction of sp³-hybridized carbons (Fsp3) is 0.0714. The van der Waals surface area contributed by atoms with Gasteiger partial charge in [0.2, 0.25) is 0 Å². The topological polar surface area (TPSA) is 35.8 Å². The van der Waals surface area contributed by atoms with Crippen LogP contribution in [0, 0.1) is 17.1 Å². The molecule has 7 heteroatoms. The van der Waals surface area contributed by atoms with Crippen LogP contribution in [-0.2, 0) is 6.18 Å². The Bertz CT molecular complexity index is 720. The molecule has 0 unspecified atom stereocenters. The van der Waals surface area contributed by atoms with Gasteiger partial charge in [0.05, 0.1) is 27.5 Å². The zero-order chi connectivity index (χ0) is 15.6. The van der Waals surface area contributed by atoms with Crippen LogP contribution in [0.15, 0.2) is 36.4 Å². The summed E-state index contributed by atoms with van der Waals surface area (Å²) in [6, 6.07) is 7.84. The van der Waals surface area contributed by atoms with Gasteiger partial charge in [0, 0.05) is 0 Å². The highest BCUT2D eigenvalue weighted by Crippen LogP contribution is 2.33. The summed E-state index contributed by atoms with van der Waals surface area (Å²) in [5.74, 6) is -0.563. The van der Waals surface area contributed by atoms with Gasteiger partial charge in [-0.2, -0.15) is 18.4 Å². The molecule has 0 bridgehead atoms. The highest BCUT2D eigenvalue weighted by molar-refractivity contribution is 6.33. The Balaban J connectivity index is 2.41. The number of rotatable bonds is 2. The molecule has 0 radical (unpaired) electrons. The molecule has 0 aliphatic rings. The zero-order valence-corrected chi connectivity index (χ0v) is 11.1. The average molecular weight is 315 g/mol. The third kappa shape index (κ3) is 3.44. The summed E-state index contributed by atoms with van der Waals surface area (Å²) in [6.45, 7) is 0. The van der Waals surface area contributed by atoms with Crippen molar-refractivity contribution in [2.45, 2.75) is 6.18 Å². The molecule has 1 N–H and O–H groups in total. The van der Waals surface area contributed by atoms with Crippen LogP contribution in [-0.4, -0.2) is 0 Å². The number of nitriles is 1. The van der Waals surface area contributed by atoms with Gasteiger partial charge in [-0.1, -0.05) is 11.6 Å². The maximum Gasteiger partial charge on any atom is 0.416 e. The third-order valence-electron chi connectivity index (χ3n) is 2.67. The standard InChI is InChI=1S/C14H7ClF4N2/c15-11-3-2-10(16)6-13(11)21-12-4-1-9(14(17,18)19)5-8(12)7-20/h1-6,21H. The number of benzene rings is 2. The molecule has 2 aromatic rings. The number of alkyl halides is 3. The normalized spacial score (nSPS) is 11.0. The summed E-state index contributed by atoms with van der Waals surface area (Å²) in [5.41, 5.74) is -0.883. The van der Waals surface area contributed by atoms with Gasteiger partial charge in [0.25, 0.3) is 0 Å². The lowest BCUT2D eigenvalue weighted by atomic mass is 10.1. The van der Waals surface area contributed by atoms with Crippen molar-refractivity contribution < 1.29 is 17.6 Å². The Hall–Kier alpha value is -2.26. The fourth-order valence-electron chi connectivity index (χ4n) is 1.66. The maximum absolute atomic E-state index is 13.1. The second-order valence-corrected chi connectivity index (χ2v) is 4.53. The first-order chi connectivity index (χ1) is 9.81. The first-order valence-corrected chi connectivity index (χ1v) is 6.02. The van der Waals surface area contributed by atoms with E-state index < -0.39 is 17.6 Å². The smallest absolute Gasteiger partial charge is 0.353 e. The predicted molar refractivity (Wildman–Crippen MR) is 70.9 cm³/mol. The first-order valence-electron chi connectivity index (χ1n) is 5.64. The molecule has 0 saturated carbocycles. The van der Waals surface area contributed by atoms with Gasteiger partial charge in [-0.15, -0.1) is 0 Å². The van der Waals surface area contributed by atoms with Gasteiger partial charge in [0.15, 0.2) is 0 Å². The summed E-state index contributed by atoms with van der Waals surface area (Å²) in [5, 5.41) is 11.8. The first kappa shape index (κ1) is 15.1. The van der Waals surface area contributed by atoms with Crippen LogP contribution >= 0.6 is 11.6 Å². The van der Waals surface area contributed by atoms with Crippen LogP contribution in [0.2, 0.25) is 5.02 Å². The van der Waals surface area contributed by atoms with Crippen LogP contribution in [0.5, 0.6) is 0 Å². The molecule has 0 aromatic heterocycles. The molecule has 2 aromatic carbocycles. The summed E-state index contributed by atoms with van der Waals surface area (Å²) < 4.78 is 50.9. The van der Waals surface area contributed by atoms with Crippen molar-refractivity contribution in [2.24, 2.45) is 0 Å². The van der Waals surface area contributed by atoms with Crippen molar-refractivity contribution in [2.75, 3.05) is 5.32 Å². The van der Waals surface area contributed by atoms with Gasteiger partial charge >= 0.3 is 6.18 Å². The minimum Gasteiger partial charge on any atom is -0.353 e. The van der Waals surface area contributed by atoms with E-state index in [0.717, 1.165) is 30.3 Å². The Morgan fingerprint density at radius 2 is 1.76 bits per heavy atom. The van der Waals surface area contributed by atoms with E-state index in [1.165, 1.54) is 6.07 Å². The number of nitrogens with zero attached hydrogens (tertiary/aromatic N) is 1. The van der Waals surface area contributed by atoms with E-state index in [4.69, 9.17) is 16.9 Å². The van der Waals surface area contributed by atoms with Crippen molar-refractivity contribution in [1.82, 2.24) is 0 Å². The highest BCUT2D eigenvalue weighted by Gasteiger charge is 2.31. The summed E-state index contributed by atoms with van der Waals surface area (Å²) in [6.07, 6.45) is -4.54. The van der Waals surface area contributed by atoms with E-state index in [1.54, 1.807) is 6.07 Å². The molecule has 0 aliphatic carbocycles. The van der Waals surface area contributed by atoms with Crippen LogP contribution in [0.25, 0.3) is 0 Å². The quantitative estimate of drug-likeness (QED) is 0.782. The molecule has 0 atom stereocenters. The van der Waals surface area contributed by atoms with Crippen molar-refractivity contribution in [3.63, 3.8) is 0 Å². The molecule has 0 aliphatic heterocycles. The second-order valence-electron chi connectivity index (χ2n) is 4.12. The monoisotopic (exact) mass is 314 g/mol. The molecule has 108 valence electrons. The molecule has 0 fully saturated rings. The van der Waals surface area contributed by atoms with E-state index in [9.17, 15) is 17.6 Å². The van der Waals surface area contributed by atoms with Crippen molar-refractivity contribution in [3.8, 4) is 6.07 Å². The van der Waals surface area contributed by atoms with Gasteiger partial charge in [0.1, 0.15) is 11.9 Å². The highest BCUT2D eigenvalue weighted by atomic mass is 35.5. The van der Waals surface area contributed by atoms with Gasteiger partial charge < -0.3 is 5.32 Å². The summed E-state index contributed by atoms with van der Waals surface area (Å²) >= 11 is 5.85. The molecular weight excluding hydrogens is 308 g/mol. The van der Waals surface area contributed by atoms with E-state index in [2.05, 4.69) is 5.32 Å². The molecule has 0 amide bonds. The second kappa shape index (κ2) is 5.62. The van der Waals surface area contributed by atoms with Crippen LogP contribution < -0.4 is 5.32 Å². The lowest BCUT2D eigenvalue weighted by Gasteiger charge is -2.12. The average Bonchev–Trinajstić information content (AvgIpc) is 2.42. The number of halogens is 5. The Labute approximate surface area is 122 Å². The van der Waals surface area contributed by atoms with Crippen LogP contribution in [0.4, 0.5) is 28.9 Å². The molecule has 0 saturated heterocycles. The Morgan fingerprint density at radius 1 is 1.05 bits per heavy atom. The molecule has 0 heterocycles. The van der Waals surface area contributed by atoms with Crippen molar-refractivity contribution in [1.29, 1.82) is 5.26 Å². The minimum atomic E-state index is -4.54. The van der Waals surface area contributed by atoms with Gasteiger partial charge in [-0.05, 0) is 36.4 Å². The Morgan fingerprint density at radius 3 is 2.38 bits per heavy atom. The fourth-order valence-corrected chi connectivity index (χ4v) is 1.83. The van der Waals surface area contributed by atoms with Gasteiger partial charge in [-0.25, -0.2) is 4.39 Å². The lowest BCUT2D eigenvalue weighted by Crippen LogP contribution is -2.06. The minimum absolute atomic E-state index is 0.109. The van der Waals surface area contributed by atoms with E-state index in [1.807, 2.05) is 0 Å². The molecule has 2 rings (SSSR count). The maximum atomic E-state index is 13.1.